The Bertz CT molecular complexity index is 1420. The first-order valence-electron chi connectivity index (χ1n) is 11.5. The molecule has 1 aliphatic heterocycles. The number of rotatable bonds is 5. The van der Waals surface area contributed by atoms with Gasteiger partial charge in [0.2, 0.25) is 0 Å². The van der Waals surface area contributed by atoms with Gasteiger partial charge >= 0.3 is 5.97 Å². The third-order valence-electron chi connectivity index (χ3n) is 6.29. The van der Waals surface area contributed by atoms with Gasteiger partial charge in [0.25, 0.3) is 0 Å². The van der Waals surface area contributed by atoms with Gasteiger partial charge in [-0.15, -0.1) is 0 Å². The van der Waals surface area contributed by atoms with Crippen LogP contribution >= 0.6 is 0 Å². The average molecular weight is 534 g/mol. The van der Waals surface area contributed by atoms with Gasteiger partial charge in [-0.25, -0.2) is 4.79 Å². The van der Waals surface area contributed by atoms with Crippen LogP contribution < -0.4 is 5.43 Å². The van der Waals surface area contributed by atoms with E-state index in [0.717, 1.165) is 24.3 Å². The number of hydrogen-bond donors (Lipinski definition) is 8. The molecule has 0 radical (unpaired) electrons. The molecule has 38 heavy (non-hydrogen) atoms. The van der Waals surface area contributed by atoms with Crippen molar-refractivity contribution in [3.05, 3.63) is 51.4 Å². The lowest BCUT2D eigenvalue weighted by Gasteiger charge is -2.42. The first-order valence-corrected chi connectivity index (χ1v) is 11.5. The van der Waals surface area contributed by atoms with Crippen molar-refractivity contribution in [1.82, 2.24) is 0 Å². The number of carbonyl (C=O) groups is 1. The second-order valence-corrected chi connectivity index (χ2v) is 9.19. The van der Waals surface area contributed by atoms with Gasteiger partial charge in [-0.2, -0.15) is 0 Å². The molecular weight excluding hydrogens is 508 g/mol. The number of phenolic OH excluding ortho intramolecular Hbond substituents is 5. The maximum absolute atomic E-state index is 12.9. The Morgan fingerprint density at radius 3 is 2.16 bits per heavy atom. The van der Waals surface area contributed by atoms with Crippen LogP contribution in [-0.4, -0.2) is 77.8 Å². The van der Waals surface area contributed by atoms with Crippen molar-refractivity contribution in [1.29, 1.82) is 0 Å². The Labute approximate surface area is 214 Å². The van der Waals surface area contributed by atoms with Gasteiger partial charge < -0.3 is 54.7 Å². The number of aliphatic hydroxyl groups is 3. The highest BCUT2D eigenvalue weighted by molar-refractivity contribution is 5.91. The number of phenols is 5. The van der Waals surface area contributed by atoms with E-state index >= 15 is 0 Å². The van der Waals surface area contributed by atoms with Crippen molar-refractivity contribution in [3.8, 4) is 28.7 Å². The summed E-state index contributed by atoms with van der Waals surface area (Å²) < 4.78 is 16.9. The van der Waals surface area contributed by atoms with E-state index < -0.39 is 82.8 Å². The molecule has 2 heterocycles. The second kappa shape index (κ2) is 10.0. The lowest BCUT2D eigenvalue weighted by molar-refractivity contribution is -0.231. The molecule has 0 aliphatic carbocycles. The number of aliphatic hydroxyl groups excluding tert-OH is 3. The van der Waals surface area contributed by atoms with E-state index in [-0.39, 0.29) is 28.2 Å². The minimum absolute atomic E-state index is 0.174. The fourth-order valence-electron chi connectivity index (χ4n) is 4.27. The van der Waals surface area contributed by atoms with Crippen LogP contribution in [0, 0.1) is 0 Å². The summed E-state index contributed by atoms with van der Waals surface area (Å²) in [5.41, 5.74) is -1.79. The third kappa shape index (κ3) is 4.56. The van der Waals surface area contributed by atoms with Crippen LogP contribution in [0.1, 0.15) is 47.6 Å². The van der Waals surface area contributed by atoms with Crippen molar-refractivity contribution in [2.24, 2.45) is 0 Å². The number of aromatic hydroxyl groups is 5. The molecule has 2 aromatic carbocycles. The van der Waals surface area contributed by atoms with Crippen LogP contribution in [0.5, 0.6) is 28.7 Å². The molecule has 4 rings (SSSR count). The maximum atomic E-state index is 12.9. The SMILES string of the molecule is CC(C)c1cc(=O)c2c(O)cc(O)c([C@@H]3O[C@H](CO)[C@@H](O)[C@@H](O)[C@H]3OC(=O)c3cc(O)c(O)c(O)c3)c2o1. The van der Waals surface area contributed by atoms with Crippen molar-refractivity contribution < 1.29 is 59.5 Å². The fraction of sp³-hybridized carbons (Fsp3) is 0.360. The van der Waals surface area contributed by atoms with E-state index in [4.69, 9.17) is 13.9 Å². The standard InChI is InChI=1S/C25H26O13/c1-8(2)15-6-12(29)17-10(27)5-11(28)18(22(17)36-15)23-24(21(34)20(33)16(7-26)37-23)38-25(35)9-3-13(30)19(32)14(31)4-9/h3-6,8,16,20-21,23-24,26-28,30-34H,7H2,1-2H3/t16-,20-,21-,23+,24-/m1/s1. The Balaban J connectivity index is 1.89. The molecule has 13 nitrogen and oxygen atoms in total. The molecule has 1 saturated heterocycles. The highest BCUT2D eigenvalue weighted by Crippen LogP contribution is 2.45. The Kier molecular flexibility index (Phi) is 7.12. The largest absolute Gasteiger partial charge is 0.507 e. The third-order valence-corrected chi connectivity index (χ3v) is 6.29. The quantitative estimate of drug-likeness (QED) is 0.168. The van der Waals surface area contributed by atoms with E-state index in [0.29, 0.717) is 0 Å². The van der Waals surface area contributed by atoms with Crippen LogP contribution in [-0.2, 0) is 9.47 Å². The molecule has 0 bridgehead atoms. The van der Waals surface area contributed by atoms with Crippen LogP contribution in [0.3, 0.4) is 0 Å². The monoisotopic (exact) mass is 534 g/mol. The van der Waals surface area contributed by atoms with Crippen LogP contribution in [0.2, 0.25) is 0 Å². The molecule has 5 atom stereocenters. The van der Waals surface area contributed by atoms with Crippen LogP contribution in [0.4, 0.5) is 0 Å². The Morgan fingerprint density at radius 2 is 1.58 bits per heavy atom. The summed E-state index contributed by atoms with van der Waals surface area (Å²) in [4.78, 5) is 25.7. The first kappa shape index (κ1) is 27.0. The Morgan fingerprint density at radius 1 is 0.947 bits per heavy atom. The lowest BCUT2D eigenvalue weighted by Crippen LogP contribution is -2.56. The predicted octanol–water partition coefficient (Wildman–Crippen LogP) is 0.824. The zero-order chi connectivity index (χ0) is 28.0. The summed E-state index contributed by atoms with van der Waals surface area (Å²) in [5.74, 6) is -5.27. The minimum Gasteiger partial charge on any atom is -0.507 e. The van der Waals surface area contributed by atoms with E-state index in [9.17, 15) is 50.4 Å². The molecule has 0 amide bonds. The van der Waals surface area contributed by atoms with Gasteiger partial charge in [-0.05, 0) is 12.1 Å². The van der Waals surface area contributed by atoms with Gasteiger partial charge in [0, 0.05) is 18.1 Å². The molecule has 0 unspecified atom stereocenters. The summed E-state index contributed by atoms with van der Waals surface area (Å²) in [6, 6.07) is 3.53. The zero-order valence-electron chi connectivity index (χ0n) is 20.1. The predicted molar refractivity (Wildman–Crippen MR) is 127 cm³/mol. The minimum atomic E-state index is -1.92. The molecule has 8 N–H and O–H groups in total. The fourth-order valence-corrected chi connectivity index (χ4v) is 4.27. The number of fused-ring (bicyclic) bond motifs is 1. The molecule has 1 aliphatic rings. The number of hydrogen-bond acceptors (Lipinski definition) is 13. The van der Waals surface area contributed by atoms with E-state index in [1.54, 1.807) is 13.8 Å². The van der Waals surface area contributed by atoms with Crippen molar-refractivity contribution >= 4 is 16.9 Å². The van der Waals surface area contributed by atoms with Gasteiger partial charge in [-0.3, -0.25) is 4.79 Å². The number of carbonyl (C=O) groups excluding carboxylic acids is 1. The van der Waals surface area contributed by atoms with Crippen LogP contribution in [0.25, 0.3) is 11.0 Å². The van der Waals surface area contributed by atoms with Gasteiger partial charge in [0.1, 0.15) is 47.1 Å². The molecule has 0 spiro atoms. The molecule has 204 valence electrons. The number of ether oxygens (including phenoxy) is 2. The molecule has 13 heteroatoms. The van der Waals surface area contributed by atoms with Crippen molar-refractivity contribution in [2.75, 3.05) is 6.61 Å². The molecule has 1 aromatic heterocycles. The van der Waals surface area contributed by atoms with Crippen molar-refractivity contribution in [3.63, 3.8) is 0 Å². The highest BCUT2D eigenvalue weighted by atomic mass is 16.6. The van der Waals surface area contributed by atoms with Gasteiger partial charge in [0.05, 0.1) is 17.7 Å². The number of esters is 1. The second-order valence-electron chi connectivity index (χ2n) is 9.19. The summed E-state index contributed by atoms with van der Waals surface area (Å²) in [7, 11) is 0. The van der Waals surface area contributed by atoms with Crippen molar-refractivity contribution in [2.45, 2.75) is 50.3 Å². The normalized spacial score (nSPS) is 23.6. The van der Waals surface area contributed by atoms with Gasteiger partial charge in [-0.1, -0.05) is 13.8 Å². The van der Waals surface area contributed by atoms with E-state index in [1.165, 1.54) is 0 Å². The molecule has 1 fully saturated rings. The highest BCUT2D eigenvalue weighted by Gasteiger charge is 2.49. The summed E-state index contributed by atoms with van der Waals surface area (Å²) in [6.07, 6.45) is -8.61. The summed E-state index contributed by atoms with van der Waals surface area (Å²) in [6.45, 7) is 2.64. The molecule has 0 saturated carbocycles. The van der Waals surface area contributed by atoms with E-state index in [2.05, 4.69) is 0 Å². The van der Waals surface area contributed by atoms with E-state index in [1.807, 2.05) is 0 Å². The Hall–Kier alpha value is -4.04. The number of benzene rings is 2. The lowest BCUT2D eigenvalue weighted by atomic mass is 9.89. The zero-order valence-corrected chi connectivity index (χ0v) is 20.1. The first-order chi connectivity index (χ1) is 17.8. The smallest absolute Gasteiger partial charge is 0.338 e. The van der Waals surface area contributed by atoms with Crippen LogP contribution in [0.15, 0.2) is 33.5 Å². The summed E-state index contributed by atoms with van der Waals surface area (Å²) in [5, 5.41) is 80.9. The summed E-state index contributed by atoms with van der Waals surface area (Å²) >= 11 is 0. The average Bonchev–Trinajstić information content (AvgIpc) is 2.85. The maximum Gasteiger partial charge on any atom is 0.338 e. The topological polar surface area (TPSA) is 228 Å². The molecular formula is C25H26O13. The van der Waals surface area contributed by atoms with Gasteiger partial charge in [0.15, 0.2) is 34.4 Å². The molecule has 3 aromatic rings.